The fraction of sp³-hybridized carbons (Fsp3) is 0.353. The summed E-state index contributed by atoms with van der Waals surface area (Å²) in [6.07, 6.45) is 4.44. The molecule has 20 heavy (non-hydrogen) atoms. The van der Waals surface area contributed by atoms with Crippen molar-refractivity contribution in [3.8, 4) is 0 Å². The lowest BCUT2D eigenvalue weighted by Crippen LogP contribution is -2.20. The van der Waals surface area contributed by atoms with Gasteiger partial charge in [-0.15, -0.1) is 0 Å². The van der Waals surface area contributed by atoms with Crippen LogP contribution >= 0.6 is 0 Å². The van der Waals surface area contributed by atoms with E-state index in [-0.39, 0.29) is 5.97 Å². The van der Waals surface area contributed by atoms with Crippen LogP contribution < -0.4 is 0 Å². The zero-order valence-electron chi connectivity index (χ0n) is 12.6. The molecular formula is C17H23NO2. The lowest BCUT2D eigenvalue weighted by atomic mass is 10.1. The van der Waals surface area contributed by atoms with E-state index in [1.54, 1.807) is 6.92 Å². The van der Waals surface area contributed by atoms with Crippen molar-refractivity contribution >= 4 is 12.0 Å². The van der Waals surface area contributed by atoms with Crippen molar-refractivity contribution < 1.29 is 9.53 Å². The third-order valence-electron chi connectivity index (χ3n) is 2.95. The van der Waals surface area contributed by atoms with E-state index in [1.807, 2.05) is 55.4 Å². The number of allylic oxidation sites excluding steroid dienone is 1. The molecule has 0 aliphatic heterocycles. The summed E-state index contributed by atoms with van der Waals surface area (Å²) in [5, 5.41) is 0. The molecule has 0 aromatic heterocycles. The number of ether oxygens (including phenoxy) is 1. The molecule has 0 saturated carbocycles. The number of hydrogen-bond acceptors (Lipinski definition) is 3. The van der Waals surface area contributed by atoms with Crippen LogP contribution in [0.3, 0.4) is 0 Å². The minimum atomic E-state index is -0.241. The molecule has 0 amide bonds. The SMILES string of the molecule is C=Cc1ccc(CC=C(C)C(=O)OCCN(C)C)cc1. The summed E-state index contributed by atoms with van der Waals surface area (Å²) in [6, 6.07) is 8.11. The van der Waals surface area contributed by atoms with Crippen LogP contribution in [0.1, 0.15) is 18.1 Å². The minimum absolute atomic E-state index is 0.241. The summed E-state index contributed by atoms with van der Waals surface area (Å²) in [6.45, 7) is 6.67. The van der Waals surface area contributed by atoms with Crippen LogP contribution in [0, 0.1) is 0 Å². The smallest absolute Gasteiger partial charge is 0.333 e. The fourth-order valence-corrected chi connectivity index (χ4v) is 1.58. The highest BCUT2D eigenvalue weighted by atomic mass is 16.5. The summed E-state index contributed by atoms with van der Waals surface area (Å²) in [7, 11) is 3.90. The van der Waals surface area contributed by atoms with Gasteiger partial charge in [0.15, 0.2) is 0 Å². The third-order valence-corrected chi connectivity index (χ3v) is 2.95. The first kappa shape index (κ1) is 16.2. The van der Waals surface area contributed by atoms with Gasteiger partial charge in [0, 0.05) is 12.1 Å². The van der Waals surface area contributed by atoms with Gasteiger partial charge < -0.3 is 9.64 Å². The molecule has 108 valence electrons. The second-order valence-corrected chi connectivity index (χ2v) is 4.98. The Morgan fingerprint density at radius 1 is 1.30 bits per heavy atom. The Morgan fingerprint density at radius 2 is 1.95 bits per heavy atom. The van der Waals surface area contributed by atoms with Crippen molar-refractivity contribution in [2.24, 2.45) is 0 Å². The standard InChI is InChI=1S/C17H23NO2/c1-5-15-8-10-16(11-9-15)7-6-14(2)17(19)20-13-12-18(3)4/h5-6,8-11H,1,7,12-13H2,2-4H3. The van der Waals surface area contributed by atoms with Crippen molar-refractivity contribution in [1.29, 1.82) is 0 Å². The molecule has 3 heteroatoms. The fourth-order valence-electron chi connectivity index (χ4n) is 1.58. The van der Waals surface area contributed by atoms with E-state index in [0.29, 0.717) is 12.2 Å². The molecule has 0 spiro atoms. The Bertz CT molecular complexity index is 472. The van der Waals surface area contributed by atoms with Crippen LogP contribution in [0.5, 0.6) is 0 Å². The zero-order chi connectivity index (χ0) is 15.0. The van der Waals surface area contributed by atoms with Gasteiger partial charge in [0.05, 0.1) is 0 Å². The quantitative estimate of drug-likeness (QED) is 0.565. The zero-order valence-corrected chi connectivity index (χ0v) is 12.6. The molecule has 0 heterocycles. The number of nitrogens with zero attached hydrogens (tertiary/aromatic N) is 1. The van der Waals surface area contributed by atoms with Gasteiger partial charge in [-0.2, -0.15) is 0 Å². The van der Waals surface area contributed by atoms with Gasteiger partial charge in [-0.25, -0.2) is 4.79 Å². The van der Waals surface area contributed by atoms with Crippen LogP contribution in [-0.2, 0) is 16.0 Å². The third kappa shape index (κ3) is 5.85. The summed E-state index contributed by atoms with van der Waals surface area (Å²) < 4.78 is 5.18. The number of esters is 1. The molecule has 0 aliphatic rings. The first-order valence-electron chi connectivity index (χ1n) is 6.73. The van der Waals surface area contributed by atoms with E-state index in [2.05, 4.69) is 6.58 Å². The van der Waals surface area contributed by atoms with Crippen molar-refractivity contribution in [1.82, 2.24) is 4.90 Å². The molecule has 0 N–H and O–H groups in total. The van der Waals surface area contributed by atoms with Gasteiger partial charge in [0.1, 0.15) is 6.61 Å². The van der Waals surface area contributed by atoms with Gasteiger partial charge in [0.2, 0.25) is 0 Å². The van der Waals surface area contributed by atoms with Crippen LogP contribution in [-0.4, -0.2) is 38.1 Å². The largest absolute Gasteiger partial charge is 0.461 e. The molecule has 0 aliphatic carbocycles. The second kappa shape index (κ2) is 8.33. The lowest BCUT2D eigenvalue weighted by Gasteiger charge is -2.10. The van der Waals surface area contributed by atoms with Gasteiger partial charge >= 0.3 is 5.97 Å². The maximum Gasteiger partial charge on any atom is 0.333 e. The van der Waals surface area contributed by atoms with E-state index in [4.69, 9.17) is 4.74 Å². The number of hydrogen-bond donors (Lipinski definition) is 0. The van der Waals surface area contributed by atoms with E-state index in [9.17, 15) is 4.79 Å². The molecular weight excluding hydrogens is 250 g/mol. The average Bonchev–Trinajstić information content (AvgIpc) is 2.44. The molecule has 0 bridgehead atoms. The topological polar surface area (TPSA) is 29.5 Å². The van der Waals surface area contributed by atoms with Crippen molar-refractivity contribution in [2.75, 3.05) is 27.2 Å². The molecule has 1 aromatic rings. The summed E-state index contributed by atoms with van der Waals surface area (Å²) in [4.78, 5) is 13.7. The number of carbonyl (C=O) groups excluding carboxylic acids is 1. The predicted molar refractivity (Wildman–Crippen MR) is 83.5 cm³/mol. The Labute approximate surface area is 121 Å². The first-order valence-corrected chi connectivity index (χ1v) is 6.73. The van der Waals surface area contributed by atoms with E-state index >= 15 is 0 Å². The highest BCUT2D eigenvalue weighted by Crippen LogP contribution is 2.08. The summed E-state index contributed by atoms with van der Waals surface area (Å²) in [5.41, 5.74) is 2.91. The van der Waals surface area contributed by atoms with Gasteiger partial charge in [0.25, 0.3) is 0 Å². The summed E-state index contributed by atoms with van der Waals surface area (Å²) >= 11 is 0. The van der Waals surface area contributed by atoms with Crippen LogP contribution in [0.15, 0.2) is 42.5 Å². The molecule has 0 unspecified atom stereocenters. The van der Waals surface area contributed by atoms with Gasteiger partial charge in [-0.3, -0.25) is 0 Å². The Hall–Kier alpha value is -1.87. The molecule has 0 radical (unpaired) electrons. The maximum atomic E-state index is 11.7. The molecule has 1 aromatic carbocycles. The number of rotatable bonds is 7. The van der Waals surface area contributed by atoms with Gasteiger partial charge in [-0.05, 0) is 38.6 Å². The Balaban J connectivity index is 2.47. The van der Waals surface area contributed by atoms with Crippen LogP contribution in [0.25, 0.3) is 6.08 Å². The molecule has 3 nitrogen and oxygen atoms in total. The highest BCUT2D eigenvalue weighted by Gasteiger charge is 2.05. The molecule has 0 atom stereocenters. The van der Waals surface area contributed by atoms with Crippen molar-refractivity contribution in [2.45, 2.75) is 13.3 Å². The van der Waals surface area contributed by atoms with Crippen molar-refractivity contribution in [3.05, 3.63) is 53.6 Å². The number of carbonyl (C=O) groups is 1. The second-order valence-electron chi connectivity index (χ2n) is 4.98. The summed E-state index contributed by atoms with van der Waals surface area (Å²) in [5.74, 6) is -0.241. The molecule has 1 rings (SSSR count). The maximum absolute atomic E-state index is 11.7. The monoisotopic (exact) mass is 273 g/mol. The number of benzene rings is 1. The first-order chi connectivity index (χ1) is 9.52. The van der Waals surface area contributed by atoms with Crippen LogP contribution in [0.4, 0.5) is 0 Å². The lowest BCUT2D eigenvalue weighted by molar-refractivity contribution is -0.139. The Morgan fingerprint density at radius 3 is 2.50 bits per heavy atom. The van der Waals surface area contributed by atoms with E-state index in [0.717, 1.165) is 24.1 Å². The Kier molecular flexibility index (Phi) is 6.74. The van der Waals surface area contributed by atoms with E-state index < -0.39 is 0 Å². The molecule has 0 saturated heterocycles. The average molecular weight is 273 g/mol. The predicted octanol–water partition coefficient (Wildman–Crippen LogP) is 2.92. The molecule has 0 fully saturated rings. The minimum Gasteiger partial charge on any atom is -0.461 e. The van der Waals surface area contributed by atoms with Gasteiger partial charge in [-0.1, -0.05) is 43.0 Å². The highest BCUT2D eigenvalue weighted by molar-refractivity contribution is 5.87. The number of likely N-dealkylation sites (N-methyl/N-ethyl adjacent to an activating group) is 1. The normalized spacial score (nSPS) is 11.5. The van der Waals surface area contributed by atoms with Crippen molar-refractivity contribution in [3.63, 3.8) is 0 Å². The van der Waals surface area contributed by atoms with Crippen LogP contribution in [0.2, 0.25) is 0 Å². The van der Waals surface area contributed by atoms with E-state index in [1.165, 1.54) is 0 Å².